The summed E-state index contributed by atoms with van der Waals surface area (Å²) < 4.78 is 2.14. The molecule has 102 valence electrons. The molecule has 1 N–H and O–H groups in total. The summed E-state index contributed by atoms with van der Waals surface area (Å²) >= 11 is 0. The van der Waals surface area contributed by atoms with E-state index in [9.17, 15) is 0 Å². The van der Waals surface area contributed by atoms with Crippen molar-refractivity contribution in [2.75, 3.05) is 7.05 Å². The number of nitrogens with one attached hydrogen (secondary N) is 1. The van der Waals surface area contributed by atoms with Crippen LogP contribution in [-0.4, -0.2) is 26.6 Å². The fourth-order valence-corrected chi connectivity index (χ4v) is 2.44. The van der Waals surface area contributed by atoms with Crippen molar-refractivity contribution >= 4 is 11.0 Å². The summed E-state index contributed by atoms with van der Waals surface area (Å²) in [5.74, 6) is 1.05. The van der Waals surface area contributed by atoms with E-state index in [1.54, 1.807) is 6.33 Å². The van der Waals surface area contributed by atoms with E-state index in [-0.39, 0.29) is 6.04 Å². The van der Waals surface area contributed by atoms with Gasteiger partial charge in [-0.2, -0.15) is 0 Å². The number of para-hydroxylation sites is 2. The highest BCUT2D eigenvalue weighted by atomic mass is 15.1. The van der Waals surface area contributed by atoms with Gasteiger partial charge in [-0.1, -0.05) is 12.1 Å². The quantitative estimate of drug-likeness (QED) is 0.784. The summed E-state index contributed by atoms with van der Waals surface area (Å²) in [6.07, 6.45) is 6.04. The van der Waals surface area contributed by atoms with Gasteiger partial charge in [0.2, 0.25) is 0 Å². The maximum absolute atomic E-state index is 4.71. The third-order valence-corrected chi connectivity index (χ3v) is 3.60. The summed E-state index contributed by atoms with van der Waals surface area (Å²) in [6, 6.07) is 8.34. The first-order valence-corrected chi connectivity index (χ1v) is 6.62. The van der Waals surface area contributed by atoms with Crippen molar-refractivity contribution in [1.82, 2.24) is 24.8 Å². The fraction of sp³-hybridized carbons (Fsp3) is 0.267. The summed E-state index contributed by atoms with van der Waals surface area (Å²) in [5, 5.41) is 3.31. The average molecular weight is 267 g/mol. The minimum atomic E-state index is 0.159. The molecule has 5 nitrogen and oxygen atoms in total. The summed E-state index contributed by atoms with van der Waals surface area (Å²) in [6.45, 7) is 0. The van der Waals surface area contributed by atoms with E-state index in [4.69, 9.17) is 4.98 Å². The van der Waals surface area contributed by atoms with Gasteiger partial charge in [-0.15, -0.1) is 0 Å². The molecule has 0 aliphatic carbocycles. The monoisotopic (exact) mass is 267 g/mol. The van der Waals surface area contributed by atoms with Crippen LogP contribution < -0.4 is 5.32 Å². The molecular weight excluding hydrogens is 250 g/mol. The number of fused-ring (bicyclic) bond motifs is 1. The highest BCUT2D eigenvalue weighted by molar-refractivity contribution is 5.75. The van der Waals surface area contributed by atoms with Gasteiger partial charge in [0.25, 0.3) is 0 Å². The van der Waals surface area contributed by atoms with Crippen LogP contribution in [0.4, 0.5) is 0 Å². The van der Waals surface area contributed by atoms with Gasteiger partial charge >= 0.3 is 0 Å². The lowest BCUT2D eigenvalue weighted by atomic mass is 10.1. The van der Waals surface area contributed by atoms with Gasteiger partial charge < -0.3 is 9.88 Å². The number of aryl methyl sites for hydroxylation is 1. The lowest BCUT2D eigenvalue weighted by Crippen LogP contribution is -2.20. The van der Waals surface area contributed by atoms with E-state index < -0.39 is 0 Å². The van der Waals surface area contributed by atoms with Crippen molar-refractivity contribution in [3.05, 3.63) is 54.4 Å². The third-order valence-electron chi connectivity index (χ3n) is 3.60. The van der Waals surface area contributed by atoms with Crippen LogP contribution in [0.3, 0.4) is 0 Å². The predicted octanol–water partition coefficient (Wildman–Crippen LogP) is 1.87. The lowest BCUT2D eigenvalue weighted by molar-refractivity contribution is 0.562. The second kappa shape index (κ2) is 5.38. The number of nitrogens with zero attached hydrogens (tertiary/aromatic N) is 4. The van der Waals surface area contributed by atoms with Crippen LogP contribution in [0.15, 0.2) is 43.0 Å². The van der Waals surface area contributed by atoms with Crippen molar-refractivity contribution < 1.29 is 0 Å². The minimum absolute atomic E-state index is 0.159. The van der Waals surface area contributed by atoms with Crippen LogP contribution in [0.5, 0.6) is 0 Å². The molecule has 0 saturated heterocycles. The van der Waals surface area contributed by atoms with E-state index in [2.05, 4.69) is 33.0 Å². The summed E-state index contributed by atoms with van der Waals surface area (Å²) in [7, 11) is 4.00. The zero-order valence-electron chi connectivity index (χ0n) is 11.6. The maximum atomic E-state index is 4.71. The predicted molar refractivity (Wildman–Crippen MR) is 78.3 cm³/mol. The molecule has 0 aliphatic rings. The molecular formula is C15H17N5. The molecule has 0 radical (unpaired) electrons. The fourth-order valence-electron chi connectivity index (χ4n) is 2.44. The van der Waals surface area contributed by atoms with Gasteiger partial charge in [-0.3, -0.25) is 0 Å². The minimum Gasteiger partial charge on any atom is -0.331 e. The lowest BCUT2D eigenvalue weighted by Gasteiger charge is -2.15. The molecule has 5 heteroatoms. The van der Waals surface area contributed by atoms with Crippen molar-refractivity contribution in [3.63, 3.8) is 0 Å². The molecule has 3 rings (SSSR count). The van der Waals surface area contributed by atoms with Crippen molar-refractivity contribution in [3.8, 4) is 0 Å². The third kappa shape index (κ3) is 2.28. The number of hydrogen-bond acceptors (Lipinski definition) is 4. The Hall–Kier alpha value is -2.27. The van der Waals surface area contributed by atoms with Crippen molar-refractivity contribution in [2.45, 2.75) is 12.5 Å². The van der Waals surface area contributed by atoms with Gasteiger partial charge in [0, 0.05) is 37.5 Å². The number of aromatic nitrogens is 4. The standard InChI is InChI=1S/C15H17N5/c1-16-13(11-8-17-10-18-9-11)7-15-19-12-5-3-4-6-14(12)20(15)2/h3-6,8-10,13,16H,7H2,1-2H3. The largest absolute Gasteiger partial charge is 0.331 e. The molecule has 1 atom stereocenters. The van der Waals surface area contributed by atoms with E-state index in [0.29, 0.717) is 0 Å². The Bertz CT molecular complexity index is 705. The number of imidazole rings is 1. The molecule has 0 spiro atoms. The molecule has 0 bridgehead atoms. The van der Waals surface area contributed by atoms with Gasteiger partial charge in [-0.05, 0) is 19.2 Å². The van der Waals surface area contributed by atoms with E-state index in [0.717, 1.165) is 28.8 Å². The Balaban J connectivity index is 1.94. The Labute approximate surface area is 117 Å². The molecule has 0 amide bonds. The van der Waals surface area contributed by atoms with Crippen molar-refractivity contribution in [1.29, 1.82) is 0 Å². The van der Waals surface area contributed by atoms with Gasteiger partial charge in [0.15, 0.2) is 0 Å². The zero-order chi connectivity index (χ0) is 13.9. The Morgan fingerprint density at radius 3 is 2.65 bits per heavy atom. The van der Waals surface area contributed by atoms with Gasteiger partial charge in [-0.25, -0.2) is 15.0 Å². The Morgan fingerprint density at radius 1 is 1.20 bits per heavy atom. The number of rotatable bonds is 4. The van der Waals surface area contributed by atoms with Crippen molar-refractivity contribution in [2.24, 2.45) is 7.05 Å². The first kappa shape index (κ1) is 12.7. The molecule has 3 aromatic rings. The first-order chi connectivity index (χ1) is 9.79. The highest BCUT2D eigenvalue weighted by Crippen LogP contribution is 2.20. The summed E-state index contributed by atoms with van der Waals surface area (Å²) in [5.41, 5.74) is 3.26. The molecule has 0 aliphatic heterocycles. The first-order valence-electron chi connectivity index (χ1n) is 6.62. The van der Waals surface area contributed by atoms with Crippen LogP contribution in [0.25, 0.3) is 11.0 Å². The van der Waals surface area contributed by atoms with Crippen LogP contribution in [0.1, 0.15) is 17.4 Å². The smallest absolute Gasteiger partial charge is 0.115 e. The van der Waals surface area contributed by atoms with Gasteiger partial charge in [0.05, 0.1) is 11.0 Å². The van der Waals surface area contributed by atoms with E-state index in [1.807, 2.05) is 37.6 Å². The van der Waals surface area contributed by atoms with Crippen LogP contribution in [0.2, 0.25) is 0 Å². The second-order valence-corrected chi connectivity index (χ2v) is 4.79. The SMILES string of the molecule is CNC(Cc1nc2ccccc2n1C)c1cncnc1. The Morgan fingerprint density at radius 2 is 1.95 bits per heavy atom. The molecule has 20 heavy (non-hydrogen) atoms. The molecule has 0 fully saturated rings. The molecule has 0 saturated carbocycles. The second-order valence-electron chi connectivity index (χ2n) is 4.79. The molecule has 1 aromatic carbocycles. The normalized spacial score (nSPS) is 12.7. The van der Waals surface area contributed by atoms with Crippen LogP contribution in [-0.2, 0) is 13.5 Å². The van der Waals surface area contributed by atoms with Crippen LogP contribution >= 0.6 is 0 Å². The highest BCUT2D eigenvalue weighted by Gasteiger charge is 2.15. The molecule has 2 aromatic heterocycles. The van der Waals surface area contributed by atoms with Gasteiger partial charge in [0.1, 0.15) is 12.2 Å². The number of benzene rings is 1. The van der Waals surface area contributed by atoms with Crippen LogP contribution in [0, 0.1) is 0 Å². The maximum Gasteiger partial charge on any atom is 0.115 e. The molecule has 1 unspecified atom stereocenters. The zero-order valence-corrected chi connectivity index (χ0v) is 11.6. The topological polar surface area (TPSA) is 55.6 Å². The molecule has 2 heterocycles. The Kier molecular flexibility index (Phi) is 3.43. The van der Waals surface area contributed by atoms with E-state index >= 15 is 0 Å². The summed E-state index contributed by atoms with van der Waals surface area (Å²) in [4.78, 5) is 12.9. The average Bonchev–Trinajstić information content (AvgIpc) is 2.82. The van der Waals surface area contributed by atoms with E-state index in [1.165, 1.54) is 0 Å². The number of hydrogen-bond donors (Lipinski definition) is 1. The number of likely N-dealkylation sites (N-methyl/N-ethyl adjacent to an activating group) is 1.